The number of nitrogens with zero attached hydrogens (tertiary/aromatic N) is 2. The molecule has 1 atom stereocenters. The number of aryl methyl sites for hydroxylation is 1. The lowest BCUT2D eigenvalue weighted by Gasteiger charge is -2.19. The second-order valence-electron chi connectivity index (χ2n) is 6.97. The van der Waals surface area contributed by atoms with Crippen LogP contribution in [-0.2, 0) is 21.7 Å². The van der Waals surface area contributed by atoms with Crippen LogP contribution >= 0.6 is 0 Å². The largest absolute Gasteiger partial charge is 0.342 e. The minimum absolute atomic E-state index is 0.0963. The lowest BCUT2D eigenvalue weighted by molar-refractivity contribution is -0.121. The number of aromatic nitrogens is 2. The van der Waals surface area contributed by atoms with Gasteiger partial charge in [0.15, 0.2) is 9.84 Å². The highest BCUT2D eigenvalue weighted by atomic mass is 32.2. The van der Waals surface area contributed by atoms with Crippen LogP contribution in [0.15, 0.2) is 36.7 Å². The molecule has 146 valence electrons. The first-order valence-electron chi connectivity index (χ1n) is 9.10. The van der Waals surface area contributed by atoms with Crippen molar-refractivity contribution in [2.45, 2.75) is 43.4 Å². The Labute approximate surface area is 158 Å². The maximum absolute atomic E-state index is 13.3. The first-order valence-corrected chi connectivity index (χ1v) is 10.8. The molecule has 1 aliphatic rings. The number of benzene rings is 1. The van der Waals surface area contributed by atoms with Crippen molar-refractivity contribution in [2.75, 3.05) is 5.75 Å². The molecule has 1 heterocycles. The monoisotopic (exact) mass is 393 g/mol. The number of imidazole rings is 1. The second-order valence-corrected chi connectivity index (χ2v) is 9.37. The van der Waals surface area contributed by atoms with Crippen molar-refractivity contribution in [2.24, 2.45) is 7.05 Å². The first kappa shape index (κ1) is 19.5. The van der Waals surface area contributed by atoms with Gasteiger partial charge < -0.3 is 9.88 Å². The Morgan fingerprint density at radius 1 is 1.30 bits per heavy atom. The maximum atomic E-state index is 13.3. The summed E-state index contributed by atoms with van der Waals surface area (Å²) in [6, 6.07) is 5.24. The number of carbonyl (C=O) groups is 1. The third kappa shape index (κ3) is 4.74. The van der Waals surface area contributed by atoms with E-state index in [0.29, 0.717) is 24.2 Å². The molecule has 1 unspecified atom stereocenters. The lowest BCUT2D eigenvalue weighted by Crippen LogP contribution is -2.33. The van der Waals surface area contributed by atoms with E-state index in [1.165, 1.54) is 12.1 Å². The molecular formula is C19H24FN3O3S. The lowest BCUT2D eigenvalue weighted by atomic mass is 10.1. The molecule has 0 radical (unpaired) electrons. The van der Waals surface area contributed by atoms with Gasteiger partial charge in [-0.1, -0.05) is 25.0 Å². The van der Waals surface area contributed by atoms with Gasteiger partial charge in [0.1, 0.15) is 17.7 Å². The number of nitrogens with one attached hydrogen (secondary N) is 1. The quantitative estimate of drug-likeness (QED) is 0.784. The average Bonchev–Trinajstić information content (AvgIpc) is 3.31. The van der Waals surface area contributed by atoms with Gasteiger partial charge in [0.2, 0.25) is 5.91 Å². The van der Waals surface area contributed by atoms with Crippen LogP contribution in [0, 0.1) is 5.82 Å². The molecule has 0 bridgehead atoms. The van der Waals surface area contributed by atoms with E-state index in [9.17, 15) is 17.6 Å². The van der Waals surface area contributed by atoms with Crippen molar-refractivity contribution in [3.05, 3.63) is 53.9 Å². The van der Waals surface area contributed by atoms with Gasteiger partial charge in [0, 0.05) is 25.9 Å². The zero-order valence-corrected chi connectivity index (χ0v) is 16.1. The highest BCUT2D eigenvalue weighted by molar-refractivity contribution is 7.92. The van der Waals surface area contributed by atoms with E-state index in [1.54, 1.807) is 36.1 Å². The van der Waals surface area contributed by atoms with Crippen LogP contribution < -0.4 is 5.32 Å². The Bertz CT molecular complexity index is 887. The van der Waals surface area contributed by atoms with Crippen molar-refractivity contribution < 1.29 is 17.6 Å². The van der Waals surface area contributed by atoms with E-state index in [4.69, 9.17) is 0 Å². The van der Waals surface area contributed by atoms with Gasteiger partial charge in [-0.3, -0.25) is 4.79 Å². The maximum Gasteiger partial charge on any atom is 0.221 e. The Hall–Kier alpha value is -2.22. The molecule has 3 rings (SSSR count). The molecular weight excluding hydrogens is 369 g/mol. The van der Waals surface area contributed by atoms with Crippen LogP contribution in [0.5, 0.6) is 0 Å². The molecule has 2 aromatic rings. The first-order chi connectivity index (χ1) is 12.9. The molecule has 8 heteroatoms. The molecule has 1 aromatic carbocycles. The number of rotatable bonds is 7. The predicted octanol–water partition coefficient (Wildman–Crippen LogP) is 2.51. The van der Waals surface area contributed by atoms with Gasteiger partial charge in [-0.25, -0.2) is 17.8 Å². The summed E-state index contributed by atoms with van der Waals surface area (Å²) in [5.74, 6) is -0.297. The highest BCUT2D eigenvalue weighted by Crippen LogP contribution is 2.26. The average molecular weight is 393 g/mol. The summed E-state index contributed by atoms with van der Waals surface area (Å²) in [6.07, 6.45) is 6.51. The molecule has 6 nitrogen and oxygen atoms in total. The smallest absolute Gasteiger partial charge is 0.221 e. The predicted molar refractivity (Wildman–Crippen MR) is 100 cm³/mol. The summed E-state index contributed by atoms with van der Waals surface area (Å²) >= 11 is 0. The summed E-state index contributed by atoms with van der Waals surface area (Å²) in [5.41, 5.74) is 0.678. The van der Waals surface area contributed by atoms with Crippen molar-refractivity contribution in [3.63, 3.8) is 0 Å². The summed E-state index contributed by atoms with van der Waals surface area (Å²) in [4.78, 5) is 16.8. The molecule has 1 N–H and O–H groups in total. The standard InChI is InChI=1S/C19H24FN3O3S/c1-23-12-11-21-19(23)18(14-6-8-15(20)9-7-14)22-17(24)10-13-27(25,26)16-4-2-3-5-16/h6-9,11-12,16,18H,2-5,10,13H2,1H3,(H,22,24). The van der Waals surface area contributed by atoms with E-state index < -0.39 is 15.9 Å². The van der Waals surface area contributed by atoms with E-state index in [-0.39, 0.29) is 29.1 Å². The number of hydrogen-bond acceptors (Lipinski definition) is 4. The Kier molecular flexibility index (Phi) is 5.94. The fourth-order valence-corrected chi connectivity index (χ4v) is 5.34. The summed E-state index contributed by atoms with van der Waals surface area (Å²) < 4.78 is 39.8. The van der Waals surface area contributed by atoms with E-state index >= 15 is 0 Å². The van der Waals surface area contributed by atoms with Crippen LogP contribution in [-0.4, -0.2) is 34.9 Å². The SMILES string of the molecule is Cn1ccnc1C(NC(=O)CCS(=O)(=O)C1CCCC1)c1ccc(F)cc1. The van der Waals surface area contributed by atoms with Gasteiger partial charge in [0.05, 0.1) is 11.0 Å². The van der Waals surface area contributed by atoms with Gasteiger partial charge >= 0.3 is 0 Å². The number of sulfone groups is 1. The van der Waals surface area contributed by atoms with Gasteiger partial charge in [0.25, 0.3) is 0 Å². The Morgan fingerprint density at radius 2 is 1.96 bits per heavy atom. The zero-order valence-electron chi connectivity index (χ0n) is 15.3. The number of carbonyl (C=O) groups excluding carboxylic acids is 1. The minimum Gasteiger partial charge on any atom is -0.342 e. The molecule has 1 aliphatic carbocycles. The van der Waals surface area contributed by atoms with Gasteiger partial charge in [-0.15, -0.1) is 0 Å². The third-order valence-corrected chi connectivity index (χ3v) is 7.31. The summed E-state index contributed by atoms with van der Waals surface area (Å²) in [7, 11) is -1.45. The van der Waals surface area contributed by atoms with E-state index in [1.807, 2.05) is 0 Å². The third-order valence-electron chi connectivity index (χ3n) is 5.05. The fraction of sp³-hybridized carbons (Fsp3) is 0.474. The Balaban J connectivity index is 1.71. The Morgan fingerprint density at radius 3 is 2.56 bits per heavy atom. The topological polar surface area (TPSA) is 81.1 Å². The molecule has 0 spiro atoms. The van der Waals surface area contributed by atoms with Crippen molar-refractivity contribution in [1.29, 1.82) is 0 Å². The van der Waals surface area contributed by atoms with Crippen molar-refractivity contribution >= 4 is 15.7 Å². The molecule has 0 aliphatic heterocycles. The minimum atomic E-state index is -3.25. The van der Waals surface area contributed by atoms with E-state index in [2.05, 4.69) is 10.3 Å². The normalized spacial score (nSPS) is 16.4. The van der Waals surface area contributed by atoms with Crippen LogP contribution in [0.25, 0.3) is 0 Å². The van der Waals surface area contributed by atoms with Crippen LogP contribution in [0.4, 0.5) is 4.39 Å². The number of halogens is 1. The zero-order chi connectivity index (χ0) is 19.4. The van der Waals surface area contributed by atoms with Gasteiger partial charge in [-0.05, 0) is 30.5 Å². The summed E-state index contributed by atoms with van der Waals surface area (Å²) in [6.45, 7) is 0. The summed E-state index contributed by atoms with van der Waals surface area (Å²) in [5, 5.41) is 2.54. The molecule has 1 aromatic heterocycles. The number of amides is 1. The van der Waals surface area contributed by atoms with Crippen LogP contribution in [0.1, 0.15) is 49.5 Å². The van der Waals surface area contributed by atoms with Crippen LogP contribution in [0.2, 0.25) is 0 Å². The highest BCUT2D eigenvalue weighted by Gasteiger charge is 2.29. The van der Waals surface area contributed by atoms with Gasteiger partial charge in [-0.2, -0.15) is 0 Å². The van der Waals surface area contributed by atoms with Crippen molar-refractivity contribution in [3.8, 4) is 0 Å². The number of hydrogen-bond donors (Lipinski definition) is 1. The van der Waals surface area contributed by atoms with Crippen molar-refractivity contribution in [1.82, 2.24) is 14.9 Å². The molecule has 0 saturated heterocycles. The molecule has 27 heavy (non-hydrogen) atoms. The second kappa shape index (κ2) is 8.21. The van der Waals surface area contributed by atoms with Crippen LogP contribution in [0.3, 0.4) is 0 Å². The molecule has 1 fully saturated rings. The van der Waals surface area contributed by atoms with E-state index in [0.717, 1.165) is 12.8 Å². The molecule has 1 saturated carbocycles. The fourth-order valence-electron chi connectivity index (χ4n) is 3.49. The molecule has 1 amide bonds.